The highest BCUT2D eigenvalue weighted by molar-refractivity contribution is 5.66. The van der Waals surface area contributed by atoms with Gasteiger partial charge < -0.3 is 10.1 Å². The highest BCUT2D eigenvalue weighted by Gasteiger charge is 2.18. The summed E-state index contributed by atoms with van der Waals surface area (Å²) in [5.74, 6) is 0.238. The molecular formula is C16H18N4. The van der Waals surface area contributed by atoms with Crippen LogP contribution < -0.4 is 5.73 Å². The maximum atomic E-state index is 5.88. The van der Waals surface area contributed by atoms with Crippen molar-refractivity contribution in [3.8, 4) is 11.3 Å². The first-order valence-corrected chi connectivity index (χ1v) is 6.79. The number of aryl methyl sites for hydroxylation is 1. The molecule has 20 heavy (non-hydrogen) atoms. The lowest BCUT2D eigenvalue weighted by molar-refractivity contribution is 0.737. The molecule has 2 N–H and O–H groups in total. The van der Waals surface area contributed by atoms with E-state index in [4.69, 9.17) is 10.7 Å². The Hall–Kier alpha value is -2.20. The Balaban J connectivity index is 2.31. The van der Waals surface area contributed by atoms with Gasteiger partial charge in [-0.25, -0.2) is 4.98 Å². The lowest BCUT2D eigenvalue weighted by atomic mass is 10.0. The molecule has 0 aliphatic rings. The molecule has 4 heteroatoms. The van der Waals surface area contributed by atoms with Gasteiger partial charge in [0.2, 0.25) is 0 Å². The Labute approximate surface area is 118 Å². The molecule has 1 atom stereocenters. The number of rotatable bonds is 3. The monoisotopic (exact) mass is 266 g/mol. The zero-order chi connectivity index (χ0) is 14.1. The van der Waals surface area contributed by atoms with E-state index in [1.165, 1.54) is 5.56 Å². The van der Waals surface area contributed by atoms with Crippen LogP contribution >= 0.6 is 0 Å². The molecule has 3 aromatic rings. The highest BCUT2D eigenvalue weighted by Crippen LogP contribution is 2.29. The fraction of sp³-hybridized carbons (Fsp3) is 0.250. The molecule has 102 valence electrons. The van der Waals surface area contributed by atoms with Crippen LogP contribution in [-0.4, -0.2) is 20.9 Å². The summed E-state index contributed by atoms with van der Waals surface area (Å²) in [6.45, 7) is 4.81. The predicted molar refractivity (Wildman–Crippen MR) is 80.6 cm³/mol. The normalized spacial score (nSPS) is 12.8. The second kappa shape index (κ2) is 5.06. The fourth-order valence-electron chi connectivity index (χ4n) is 2.47. The molecule has 0 radical (unpaired) electrons. The summed E-state index contributed by atoms with van der Waals surface area (Å²) in [7, 11) is 0. The highest BCUT2D eigenvalue weighted by atomic mass is 15.0. The van der Waals surface area contributed by atoms with Gasteiger partial charge in [-0.2, -0.15) is 0 Å². The van der Waals surface area contributed by atoms with Crippen LogP contribution in [-0.2, 0) is 0 Å². The first kappa shape index (κ1) is 12.8. The largest absolute Gasteiger partial charge is 0.330 e. The summed E-state index contributed by atoms with van der Waals surface area (Å²) in [5.41, 5.74) is 11.2. The Morgan fingerprint density at radius 1 is 1.30 bits per heavy atom. The SMILES string of the molecule is Cc1ccc2nc(-c3cccnc3)c(C(C)CN)n2c1. The van der Waals surface area contributed by atoms with Crippen molar-refractivity contribution in [1.29, 1.82) is 0 Å². The summed E-state index contributed by atoms with van der Waals surface area (Å²) in [6, 6.07) is 8.09. The standard InChI is InChI=1S/C16H18N4/c1-11-5-6-14-19-15(13-4-3-7-18-9-13)16(12(2)8-17)20(14)10-11/h3-7,9-10,12H,8,17H2,1-2H3. The van der Waals surface area contributed by atoms with E-state index in [1.807, 2.05) is 24.4 Å². The zero-order valence-corrected chi connectivity index (χ0v) is 11.7. The van der Waals surface area contributed by atoms with Gasteiger partial charge in [-0.1, -0.05) is 13.0 Å². The lowest BCUT2D eigenvalue weighted by Gasteiger charge is -2.11. The molecular weight excluding hydrogens is 248 g/mol. The van der Waals surface area contributed by atoms with E-state index in [2.05, 4.69) is 35.5 Å². The van der Waals surface area contributed by atoms with E-state index >= 15 is 0 Å². The van der Waals surface area contributed by atoms with Gasteiger partial charge in [-0.05, 0) is 30.7 Å². The maximum absolute atomic E-state index is 5.88. The van der Waals surface area contributed by atoms with Crippen LogP contribution in [0.3, 0.4) is 0 Å². The first-order valence-electron chi connectivity index (χ1n) is 6.79. The Morgan fingerprint density at radius 2 is 2.15 bits per heavy atom. The summed E-state index contributed by atoms with van der Waals surface area (Å²) < 4.78 is 2.15. The predicted octanol–water partition coefficient (Wildman–Crippen LogP) is 2.77. The van der Waals surface area contributed by atoms with Gasteiger partial charge >= 0.3 is 0 Å². The van der Waals surface area contributed by atoms with Crippen LogP contribution in [0.1, 0.15) is 24.1 Å². The topological polar surface area (TPSA) is 56.2 Å². The molecule has 0 fully saturated rings. The minimum atomic E-state index is 0.238. The third-order valence-corrected chi connectivity index (χ3v) is 3.56. The third-order valence-electron chi connectivity index (χ3n) is 3.56. The molecule has 0 saturated heterocycles. The van der Waals surface area contributed by atoms with Crippen LogP contribution in [0, 0.1) is 6.92 Å². The Kier molecular flexibility index (Phi) is 3.24. The van der Waals surface area contributed by atoms with Crippen molar-refractivity contribution in [3.05, 3.63) is 54.1 Å². The van der Waals surface area contributed by atoms with Crippen LogP contribution in [0.4, 0.5) is 0 Å². The van der Waals surface area contributed by atoms with Crippen molar-refractivity contribution in [1.82, 2.24) is 14.4 Å². The molecule has 3 heterocycles. The van der Waals surface area contributed by atoms with Gasteiger partial charge in [-0.3, -0.25) is 4.98 Å². The van der Waals surface area contributed by atoms with Crippen molar-refractivity contribution >= 4 is 5.65 Å². The molecule has 1 unspecified atom stereocenters. The van der Waals surface area contributed by atoms with Crippen LogP contribution in [0.5, 0.6) is 0 Å². The molecule has 3 rings (SSSR count). The lowest BCUT2D eigenvalue weighted by Crippen LogP contribution is -2.12. The summed E-state index contributed by atoms with van der Waals surface area (Å²) in [5, 5.41) is 0. The van der Waals surface area contributed by atoms with Gasteiger partial charge in [0.15, 0.2) is 0 Å². The van der Waals surface area contributed by atoms with Gasteiger partial charge in [0.1, 0.15) is 5.65 Å². The van der Waals surface area contributed by atoms with Crippen molar-refractivity contribution in [3.63, 3.8) is 0 Å². The molecule has 0 spiro atoms. The van der Waals surface area contributed by atoms with Gasteiger partial charge in [0.25, 0.3) is 0 Å². The van der Waals surface area contributed by atoms with Gasteiger partial charge in [0, 0.05) is 36.6 Å². The molecule has 3 aromatic heterocycles. The van der Waals surface area contributed by atoms with E-state index < -0.39 is 0 Å². The Bertz CT molecular complexity index is 731. The van der Waals surface area contributed by atoms with E-state index in [9.17, 15) is 0 Å². The van der Waals surface area contributed by atoms with Crippen LogP contribution in [0.2, 0.25) is 0 Å². The van der Waals surface area contributed by atoms with E-state index in [0.29, 0.717) is 6.54 Å². The summed E-state index contributed by atoms with van der Waals surface area (Å²) >= 11 is 0. The Morgan fingerprint density at radius 3 is 2.85 bits per heavy atom. The van der Waals surface area contributed by atoms with Crippen LogP contribution in [0.15, 0.2) is 42.9 Å². The van der Waals surface area contributed by atoms with Gasteiger partial charge in [-0.15, -0.1) is 0 Å². The van der Waals surface area contributed by atoms with E-state index in [0.717, 1.165) is 22.6 Å². The molecule has 4 nitrogen and oxygen atoms in total. The summed E-state index contributed by atoms with van der Waals surface area (Å²) in [4.78, 5) is 8.96. The third kappa shape index (κ3) is 2.08. The molecule has 0 saturated carbocycles. The smallest absolute Gasteiger partial charge is 0.137 e. The van der Waals surface area contributed by atoms with Crippen molar-refractivity contribution < 1.29 is 0 Å². The number of hydrogen-bond acceptors (Lipinski definition) is 3. The number of nitrogens with two attached hydrogens (primary N) is 1. The molecule has 0 bridgehead atoms. The minimum Gasteiger partial charge on any atom is -0.330 e. The van der Waals surface area contributed by atoms with Crippen molar-refractivity contribution in [2.45, 2.75) is 19.8 Å². The fourth-order valence-corrected chi connectivity index (χ4v) is 2.47. The number of aromatic nitrogens is 3. The molecule has 0 aromatic carbocycles. The van der Waals surface area contributed by atoms with E-state index in [1.54, 1.807) is 6.20 Å². The second-order valence-corrected chi connectivity index (χ2v) is 5.16. The summed E-state index contributed by atoms with van der Waals surface area (Å²) in [6.07, 6.45) is 5.74. The van der Waals surface area contributed by atoms with Gasteiger partial charge in [0.05, 0.1) is 11.4 Å². The van der Waals surface area contributed by atoms with Crippen molar-refractivity contribution in [2.75, 3.05) is 6.54 Å². The maximum Gasteiger partial charge on any atom is 0.137 e. The van der Waals surface area contributed by atoms with Crippen molar-refractivity contribution in [2.24, 2.45) is 5.73 Å². The van der Waals surface area contributed by atoms with Crippen LogP contribution in [0.25, 0.3) is 16.9 Å². The number of fused-ring (bicyclic) bond motifs is 1. The zero-order valence-electron chi connectivity index (χ0n) is 11.7. The average molecular weight is 266 g/mol. The molecule has 0 amide bonds. The second-order valence-electron chi connectivity index (χ2n) is 5.16. The number of pyridine rings is 2. The average Bonchev–Trinajstić information content (AvgIpc) is 2.86. The number of hydrogen-bond donors (Lipinski definition) is 1. The molecule has 0 aliphatic heterocycles. The quantitative estimate of drug-likeness (QED) is 0.793. The molecule has 0 aliphatic carbocycles. The number of nitrogens with zero attached hydrogens (tertiary/aromatic N) is 3. The number of imidazole rings is 1. The minimum absolute atomic E-state index is 0.238. The van der Waals surface area contributed by atoms with E-state index in [-0.39, 0.29) is 5.92 Å². The first-order chi connectivity index (χ1) is 9.70.